The van der Waals surface area contributed by atoms with Gasteiger partial charge in [0.05, 0.1) is 17.4 Å². The zero-order valence-corrected chi connectivity index (χ0v) is 14.7. The van der Waals surface area contributed by atoms with Gasteiger partial charge in [-0.2, -0.15) is 0 Å². The van der Waals surface area contributed by atoms with E-state index in [0.717, 1.165) is 15.5 Å². The molecule has 0 saturated heterocycles. The summed E-state index contributed by atoms with van der Waals surface area (Å²) < 4.78 is 0. The van der Waals surface area contributed by atoms with Crippen molar-refractivity contribution in [1.29, 1.82) is 0 Å². The molecule has 128 valence electrons. The maximum absolute atomic E-state index is 12.7. The van der Waals surface area contributed by atoms with Crippen molar-refractivity contribution >= 4 is 35.0 Å². The topological polar surface area (TPSA) is 75.2 Å². The summed E-state index contributed by atoms with van der Waals surface area (Å²) in [6.07, 6.45) is 4.40. The summed E-state index contributed by atoms with van der Waals surface area (Å²) in [5.41, 5.74) is 2.34. The highest BCUT2D eigenvalue weighted by Gasteiger charge is 2.24. The normalized spacial score (nSPS) is 12.8. The first-order chi connectivity index (χ1) is 12.6. The third-order valence-electron chi connectivity index (χ3n) is 4.02. The monoisotopic (exact) mass is 362 g/mol. The van der Waals surface area contributed by atoms with Crippen LogP contribution in [0.2, 0.25) is 0 Å². The lowest BCUT2D eigenvalue weighted by atomic mass is 10.2. The number of amides is 2. The summed E-state index contributed by atoms with van der Waals surface area (Å²) in [5.74, 6) is -0.385. The number of carbonyl (C=O) groups is 2. The van der Waals surface area contributed by atoms with Gasteiger partial charge in [-0.1, -0.05) is 23.9 Å². The van der Waals surface area contributed by atoms with Gasteiger partial charge in [0.2, 0.25) is 0 Å². The fourth-order valence-electron chi connectivity index (χ4n) is 2.70. The van der Waals surface area contributed by atoms with Crippen molar-refractivity contribution in [1.82, 2.24) is 9.97 Å². The molecule has 0 aliphatic carbocycles. The number of hydrogen-bond donors (Lipinski definition) is 1. The first-order valence-electron chi connectivity index (χ1n) is 7.90. The summed E-state index contributed by atoms with van der Waals surface area (Å²) in [6, 6.07) is 13.0. The molecule has 4 rings (SSSR count). The number of aromatic nitrogens is 2. The molecular weight excluding hydrogens is 348 g/mol. The second kappa shape index (κ2) is 6.61. The van der Waals surface area contributed by atoms with Crippen LogP contribution in [0.5, 0.6) is 0 Å². The van der Waals surface area contributed by atoms with Crippen LogP contribution in [-0.4, -0.2) is 28.8 Å². The van der Waals surface area contributed by atoms with Gasteiger partial charge in [0.1, 0.15) is 5.69 Å². The van der Waals surface area contributed by atoms with Crippen LogP contribution in [0.15, 0.2) is 70.8 Å². The molecule has 1 aromatic heterocycles. The zero-order chi connectivity index (χ0) is 18.1. The van der Waals surface area contributed by atoms with Gasteiger partial charge >= 0.3 is 0 Å². The van der Waals surface area contributed by atoms with Crippen LogP contribution >= 0.6 is 11.8 Å². The molecular formula is C19H14N4O2S. The molecule has 0 atom stereocenters. The lowest BCUT2D eigenvalue weighted by Gasteiger charge is -2.18. The Bertz CT molecular complexity index is 1010. The Morgan fingerprint density at radius 3 is 2.77 bits per heavy atom. The molecule has 0 bridgehead atoms. The number of nitrogens with one attached hydrogen (secondary N) is 1. The third kappa shape index (κ3) is 2.93. The van der Waals surface area contributed by atoms with Gasteiger partial charge < -0.3 is 10.2 Å². The van der Waals surface area contributed by atoms with Crippen molar-refractivity contribution in [3.63, 3.8) is 0 Å². The first kappa shape index (κ1) is 16.3. The van der Waals surface area contributed by atoms with Crippen LogP contribution in [0, 0.1) is 0 Å². The predicted molar refractivity (Wildman–Crippen MR) is 99.7 cm³/mol. The van der Waals surface area contributed by atoms with Crippen molar-refractivity contribution in [2.45, 2.75) is 9.79 Å². The highest BCUT2D eigenvalue weighted by atomic mass is 32.2. The highest BCUT2D eigenvalue weighted by Crippen LogP contribution is 2.41. The second-order valence-corrected chi connectivity index (χ2v) is 6.77. The van der Waals surface area contributed by atoms with Crippen molar-refractivity contribution < 1.29 is 9.59 Å². The molecule has 1 aliphatic heterocycles. The smallest absolute Gasteiger partial charge is 0.275 e. The molecule has 2 heterocycles. The molecule has 0 radical (unpaired) electrons. The summed E-state index contributed by atoms with van der Waals surface area (Å²) in [5, 5.41) is 2.82. The van der Waals surface area contributed by atoms with Gasteiger partial charge in [0.25, 0.3) is 11.8 Å². The molecule has 0 saturated carbocycles. The van der Waals surface area contributed by atoms with E-state index in [1.165, 1.54) is 30.4 Å². The van der Waals surface area contributed by atoms with Gasteiger partial charge in [0.15, 0.2) is 0 Å². The molecule has 1 N–H and O–H groups in total. The first-order valence-corrected chi connectivity index (χ1v) is 8.71. The maximum atomic E-state index is 12.7. The molecule has 2 aromatic carbocycles. The Morgan fingerprint density at radius 2 is 1.96 bits per heavy atom. The average molecular weight is 362 g/mol. The van der Waals surface area contributed by atoms with Crippen molar-refractivity contribution in [3.05, 3.63) is 72.3 Å². The number of anilines is 2. The second-order valence-electron chi connectivity index (χ2n) is 5.69. The average Bonchev–Trinajstić information content (AvgIpc) is 2.78. The fourth-order valence-corrected chi connectivity index (χ4v) is 3.85. The van der Waals surface area contributed by atoms with E-state index in [-0.39, 0.29) is 17.5 Å². The molecule has 1 aliphatic rings. The Balaban J connectivity index is 1.68. The molecule has 26 heavy (non-hydrogen) atoms. The fraction of sp³-hybridized carbons (Fsp3) is 0.0526. The van der Waals surface area contributed by atoms with Crippen molar-refractivity contribution in [2.75, 3.05) is 17.3 Å². The van der Waals surface area contributed by atoms with E-state index in [9.17, 15) is 9.59 Å². The third-order valence-corrected chi connectivity index (χ3v) is 5.14. The molecule has 0 spiro atoms. The van der Waals surface area contributed by atoms with Gasteiger partial charge in [-0.3, -0.25) is 14.6 Å². The largest absolute Gasteiger partial charge is 0.321 e. The number of carbonyl (C=O) groups excluding carboxylic acids is 2. The standard InChI is InChI=1S/C19H14N4O2S/c1-23-15-7-6-12(22-18(24)14-11-20-8-9-21-14)10-17(15)26-16-5-3-2-4-13(16)19(23)25/h2-11H,1H3,(H,22,24). The van der Waals surface area contributed by atoms with Crippen LogP contribution in [0.3, 0.4) is 0 Å². The lowest BCUT2D eigenvalue weighted by Crippen LogP contribution is -2.26. The Morgan fingerprint density at radius 1 is 1.12 bits per heavy atom. The van der Waals surface area contributed by atoms with Crippen LogP contribution in [0.4, 0.5) is 11.4 Å². The van der Waals surface area contributed by atoms with Crippen LogP contribution in [0.1, 0.15) is 20.8 Å². The number of nitrogens with zero attached hydrogens (tertiary/aromatic N) is 3. The van der Waals surface area contributed by atoms with E-state index in [4.69, 9.17) is 0 Å². The quantitative estimate of drug-likeness (QED) is 0.755. The van der Waals surface area contributed by atoms with Crippen LogP contribution in [-0.2, 0) is 0 Å². The lowest BCUT2D eigenvalue weighted by molar-refractivity contribution is 0.0988. The zero-order valence-electron chi connectivity index (χ0n) is 13.8. The molecule has 3 aromatic rings. The molecule has 0 unspecified atom stereocenters. The van der Waals surface area contributed by atoms with E-state index in [1.54, 1.807) is 18.0 Å². The van der Waals surface area contributed by atoms with E-state index < -0.39 is 0 Å². The summed E-state index contributed by atoms with van der Waals surface area (Å²) >= 11 is 1.51. The minimum absolute atomic E-state index is 0.0526. The number of fused-ring (bicyclic) bond motifs is 2. The van der Waals surface area contributed by atoms with Crippen LogP contribution in [0.25, 0.3) is 0 Å². The van der Waals surface area contributed by atoms with Crippen molar-refractivity contribution in [2.24, 2.45) is 0 Å². The Hall–Kier alpha value is -3.19. The SMILES string of the molecule is CN1C(=O)c2ccccc2Sc2cc(NC(=O)c3cnccn3)ccc21. The number of rotatable bonds is 2. The summed E-state index contributed by atoms with van der Waals surface area (Å²) in [7, 11) is 1.75. The van der Waals surface area contributed by atoms with E-state index in [2.05, 4.69) is 15.3 Å². The van der Waals surface area contributed by atoms with E-state index in [0.29, 0.717) is 11.3 Å². The predicted octanol–water partition coefficient (Wildman–Crippen LogP) is 3.47. The highest BCUT2D eigenvalue weighted by molar-refractivity contribution is 7.99. The van der Waals surface area contributed by atoms with Gasteiger partial charge in [-0.25, -0.2) is 4.98 Å². The molecule has 2 amide bonds. The summed E-state index contributed by atoms with van der Waals surface area (Å²) in [4.78, 5) is 36.3. The summed E-state index contributed by atoms with van der Waals surface area (Å²) in [6.45, 7) is 0. The Labute approximate surface area is 154 Å². The molecule has 6 nitrogen and oxygen atoms in total. The van der Waals surface area contributed by atoms with Crippen molar-refractivity contribution in [3.8, 4) is 0 Å². The van der Waals surface area contributed by atoms with Crippen LogP contribution < -0.4 is 10.2 Å². The minimum Gasteiger partial charge on any atom is -0.321 e. The van der Waals surface area contributed by atoms with Gasteiger partial charge in [-0.05, 0) is 30.3 Å². The van der Waals surface area contributed by atoms with E-state index >= 15 is 0 Å². The number of hydrogen-bond acceptors (Lipinski definition) is 5. The Kier molecular flexibility index (Phi) is 4.14. The minimum atomic E-state index is -0.332. The molecule has 0 fully saturated rings. The molecule has 7 heteroatoms. The van der Waals surface area contributed by atoms with Gasteiger partial charge in [0, 0.05) is 34.9 Å². The maximum Gasteiger partial charge on any atom is 0.275 e. The number of benzene rings is 2. The van der Waals surface area contributed by atoms with Gasteiger partial charge in [-0.15, -0.1) is 0 Å². The van der Waals surface area contributed by atoms with E-state index in [1.807, 2.05) is 36.4 Å².